The number of alkyl halides is 3. The van der Waals surface area contributed by atoms with E-state index in [-0.39, 0.29) is 12.5 Å². The molecule has 8 heteroatoms. The Morgan fingerprint density at radius 3 is 2.86 bits per heavy atom. The molecule has 2 rings (SSSR count). The number of halogens is 3. The molecular weight excluding hydrogens is 331 g/mol. The van der Waals surface area contributed by atoms with E-state index >= 15 is 0 Å². The maximum atomic E-state index is 12.1. The van der Waals surface area contributed by atoms with E-state index in [9.17, 15) is 13.2 Å². The van der Waals surface area contributed by atoms with Crippen molar-refractivity contribution in [2.45, 2.75) is 49.3 Å². The fourth-order valence-corrected chi connectivity index (χ4v) is 4.05. The largest absolute Gasteiger partial charge is 0.389 e. The van der Waals surface area contributed by atoms with Crippen LogP contribution in [-0.4, -0.2) is 39.2 Å². The number of unbranched alkanes of at least 4 members (excludes halogenated alkanes) is 2. The van der Waals surface area contributed by atoms with Gasteiger partial charge < -0.3 is 0 Å². The van der Waals surface area contributed by atoms with Crippen LogP contribution in [0.1, 0.15) is 43.8 Å². The zero-order chi connectivity index (χ0) is 16.0. The maximum absolute atomic E-state index is 12.1. The summed E-state index contributed by atoms with van der Waals surface area (Å²) in [6, 6.07) is 0.167. The number of nitrogens with zero attached hydrogens (tertiary/aromatic N) is 3. The lowest BCUT2D eigenvalue weighted by Crippen LogP contribution is -2.27. The number of likely N-dealkylation sites (N-methyl/N-ethyl adjacent to an activating group) is 1. The molecular formula is C14H20F3N3S2. The van der Waals surface area contributed by atoms with E-state index in [1.165, 1.54) is 11.7 Å². The summed E-state index contributed by atoms with van der Waals surface area (Å²) in [7, 11) is 2.07. The second-order valence-electron chi connectivity index (χ2n) is 5.37. The van der Waals surface area contributed by atoms with Gasteiger partial charge in [-0.25, -0.2) is 0 Å². The van der Waals surface area contributed by atoms with Gasteiger partial charge in [0, 0.05) is 13.0 Å². The second kappa shape index (κ2) is 8.31. The molecule has 22 heavy (non-hydrogen) atoms. The van der Waals surface area contributed by atoms with E-state index in [1.807, 2.05) is 0 Å². The Kier molecular flexibility index (Phi) is 6.70. The Morgan fingerprint density at radius 1 is 1.32 bits per heavy atom. The van der Waals surface area contributed by atoms with Crippen molar-refractivity contribution in [3.8, 4) is 0 Å². The standard InChI is InChI=1S/C14H20F3N3S2/c1-20-9-5-3-7-11(20)12-13(19-22-18-12)21-10-6-2-4-8-14(15,16)17/h3,7,11H,2,4-6,8-10H2,1H3. The minimum atomic E-state index is -4.03. The summed E-state index contributed by atoms with van der Waals surface area (Å²) in [5.74, 6) is 0.788. The van der Waals surface area contributed by atoms with E-state index in [0.29, 0.717) is 6.42 Å². The monoisotopic (exact) mass is 351 g/mol. The molecule has 1 aromatic rings. The molecule has 0 spiro atoms. The van der Waals surface area contributed by atoms with E-state index < -0.39 is 12.6 Å². The van der Waals surface area contributed by atoms with Crippen molar-refractivity contribution in [2.24, 2.45) is 0 Å². The van der Waals surface area contributed by atoms with E-state index in [4.69, 9.17) is 0 Å². The van der Waals surface area contributed by atoms with E-state index in [0.717, 1.165) is 35.9 Å². The van der Waals surface area contributed by atoms with Crippen molar-refractivity contribution in [2.75, 3.05) is 19.3 Å². The highest BCUT2D eigenvalue weighted by atomic mass is 32.2. The molecule has 0 bridgehead atoms. The molecule has 1 aliphatic rings. The van der Waals surface area contributed by atoms with Gasteiger partial charge >= 0.3 is 6.18 Å². The molecule has 124 valence electrons. The molecule has 0 saturated carbocycles. The molecule has 0 radical (unpaired) electrons. The highest BCUT2D eigenvalue weighted by Gasteiger charge is 2.26. The topological polar surface area (TPSA) is 29.0 Å². The summed E-state index contributed by atoms with van der Waals surface area (Å²) in [5, 5.41) is 0.921. The minimum absolute atomic E-state index is 0.167. The van der Waals surface area contributed by atoms with Crippen LogP contribution in [0.25, 0.3) is 0 Å². The molecule has 1 unspecified atom stereocenters. The van der Waals surface area contributed by atoms with Gasteiger partial charge in [-0.2, -0.15) is 21.9 Å². The van der Waals surface area contributed by atoms with Gasteiger partial charge in [0.05, 0.1) is 17.8 Å². The Bertz CT molecular complexity index is 488. The third-order valence-electron chi connectivity index (χ3n) is 3.55. The van der Waals surface area contributed by atoms with Crippen LogP contribution in [0.3, 0.4) is 0 Å². The number of thioether (sulfide) groups is 1. The number of hydrogen-bond donors (Lipinski definition) is 0. The molecule has 0 amide bonds. The Morgan fingerprint density at radius 2 is 2.14 bits per heavy atom. The summed E-state index contributed by atoms with van der Waals surface area (Å²) in [6.45, 7) is 1.00. The predicted octanol–water partition coefficient (Wildman–Crippen LogP) is 4.69. The second-order valence-corrected chi connectivity index (χ2v) is 6.98. The quantitative estimate of drug-likeness (QED) is 0.405. The smallest absolute Gasteiger partial charge is 0.294 e. The maximum Gasteiger partial charge on any atom is 0.389 e. The van der Waals surface area contributed by atoms with Crippen molar-refractivity contribution >= 4 is 23.5 Å². The van der Waals surface area contributed by atoms with E-state index in [2.05, 4.69) is 32.8 Å². The van der Waals surface area contributed by atoms with Crippen molar-refractivity contribution in [1.29, 1.82) is 0 Å². The van der Waals surface area contributed by atoms with Gasteiger partial charge in [0.15, 0.2) is 0 Å². The molecule has 0 saturated heterocycles. The molecule has 1 aromatic heterocycles. The Balaban J connectivity index is 1.76. The van der Waals surface area contributed by atoms with Crippen molar-refractivity contribution in [3.63, 3.8) is 0 Å². The molecule has 0 aliphatic carbocycles. The first kappa shape index (κ1) is 17.7. The van der Waals surface area contributed by atoms with Crippen molar-refractivity contribution in [1.82, 2.24) is 13.6 Å². The lowest BCUT2D eigenvalue weighted by Gasteiger charge is -2.27. The Labute approximate surface area is 137 Å². The van der Waals surface area contributed by atoms with Crippen LogP contribution in [0.15, 0.2) is 17.2 Å². The van der Waals surface area contributed by atoms with Crippen LogP contribution >= 0.6 is 23.5 Å². The average molecular weight is 351 g/mol. The third kappa shape index (κ3) is 5.55. The molecule has 3 nitrogen and oxygen atoms in total. The third-order valence-corrected chi connectivity index (χ3v) is 5.27. The molecule has 0 N–H and O–H groups in total. The lowest BCUT2D eigenvalue weighted by molar-refractivity contribution is -0.135. The zero-order valence-electron chi connectivity index (χ0n) is 12.5. The summed E-state index contributed by atoms with van der Waals surface area (Å²) in [5.41, 5.74) is 0.976. The lowest BCUT2D eigenvalue weighted by atomic mass is 10.1. The van der Waals surface area contributed by atoms with Gasteiger partial charge in [-0.15, -0.1) is 11.8 Å². The van der Waals surface area contributed by atoms with E-state index in [1.54, 1.807) is 11.8 Å². The minimum Gasteiger partial charge on any atom is -0.294 e. The zero-order valence-corrected chi connectivity index (χ0v) is 14.1. The van der Waals surface area contributed by atoms with Gasteiger partial charge in [-0.05, 0) is 32.1 Å². The van der Waals surface area contributed by atoms with Gasteiger partial charge in [0.1, 0.15) is 10.7 Å². The van der Waals surface area contributed by atoms with Crippen LogP contribution < -0.4 is 0 Å². The molecule has 0 aromatic carbocycles. The highest BCUT2D eigenvalue weighted by Crippen LogP contribution is 2.32. The first-order valence-electron chi connectivity index (χ1n) is 7.36. The summed E-state index contributed by atoms with van der Waals surface area (Å²) >= 11 is 2.81. The molecule has 0 fully saturated rings. The first-order chi connectivity index (χ1) is 10.5. The fourth-order valence-electron chi connectivity index (χ4n) is 2.33. The fraction of sp³-hybridized carbons (Fsp3) is 0.714. The van der Waals surface area contributed by atoms with Crippen LogP contribution in [0, 0.1) is 0 Å². The molecule has 1 aliphatic heterocycles. The van der Waals surface area contributed by atoms with Gasteiger partial charge in [-0.1, -0.05) is 18.6 Å². The van der Waals surface area contributed by atoms with Gasteiger partial charge in [-0.3, -0.25) is 4.90 Å². The highest BCUT2D eigenvalue weighted by molar-refractivity contribution is 7.99. The van der Waals surface area contributed by atoms with Crippen LogP contribution in [-0.2, 0) is 0 Å². The molecule has 1 atom stereocenters. The SMILES string of the molecule is CN1CCC=CC1c1nsnc1SCCCCCC(F)(F)F. The normalized spacial score (nSPS) is 19.7. The number of aromatic nitrogens is 2. The van der Waals surface area contributed by atoms with Crippen LogP contribution in [0.2, 0.25) is 0 Å². The number of rotatable bonds is 7. The van der Waals surface area contributed by atoms with Crippen LogP contribution in [0.5, 0.6) is 0 Å². The van der Waals surface area contributed by atoms with Gasteiger partial charge in [0.2, 0.25) is 0 Å². The van der Waals surface area contributed by atoms with Crippen molar-refractivity contribution < 1.29 is 13.2 Å². The van der Waals surface area contributed by atoms with Crippen LogP contribution in [0.4, 0.5) is 13.2 Å². The predicted molar refractivity (Wildman–Crippen MR) is 84.3 cm³/mol. The number of hydrogen-bond acceptors (Lipinski definition) is 5. The first-order valence-corrected chi connectivity index (χ1v) is 9.08. The summed E-state index contributed by atoms with van der Waals surface area (Å²) in [4.78, 5) is 2.24. The summed E-state index contributed by atoms with van der Waals surface area (Å²) in [6.07, 6.45) is 2.22. The summed E-state index contributed by atoms with van der Waals surface area (Å²) < 4.78 is 44.9. The molecule has 2 heterocycles. The van der Waals surface area contributed by atoms with Crippen molar-refractivity contribution in [3.05, 3.63) is 17.8 Å². The average Bonchev–Trinajstić information content (AvgIpc) is 2.90. The Hall–Kier alpha value is -0.600. The van der Waals surface area contributed by atoms with Gasteiger partial charge in [0.25, 0.3) is 0 Å².